The van der Waals surface area contributed by atoms with Gasteiger partial charge in [-0.3, -0.25) is 0 Å². The number of fused-ring (bicyclic) bond motifs is 1. The lowest BCUT2D eigenvalue weighted by atomic mass is 10.2. The molecule has 0 saturated heterocycles. The van der Waals surface area contributed by atoms with Crippen LogP contribution in [0.1, 0.15) is 19.0 Å². The van der Waals surface area contributed by atoms with E-state index in [0.717, 1.165) is 18.6 Å². The molecular formula is C12H17N3O. The topological polar surface area (TPSA) is 49.6 Å². The number of nitrogens with one attached hydrogen (secondary N) is 1. The summed E-state index contributed by atoms with van der Waals surface area (Å²) in [7, 11) is 0. The molecular weight excluding hydrogens is 202 g/mol. The molecule has 4 nitrogen and oxygen atoms in total. The standard InChI is InChI=1S/C12H17N3O/c1-10(5-8-16)14-9-11-3-2-4-12-13-6-7-15(11)12/h2-4,6-7,10,14,16H,5,8-9H2,1H3/t10-/m1/s1. The van der Waals surface area contributed by atoms with Crippen molar-refractivity contribution in [2.45, 2.75) is 25.9 Å². The largest absolute Gasteiger partial charge is 0.396 e. The number of nitrogens with zero attached hydrogens (tertiary/aromatic N) is 2. The van der Waals surface area contributed by atoms with E-state index < -0.39 is 0 Å². The molecule has 0 aliphatic heterocycles. The zero-order valence-corrected chi connectivity index (χ0v) is 9.43. The molecule has 2 heterocycles. The minimum Gasteiger partial charge on any atom is -0.396 e. The van der Waals surface area contributed by atoms with Crippen LogP contribution in [-0.4, -0.2) is 27.1 Å². The first kappa shape index (κ1) is 11.1. The number of aliphatic hydroxyl groups excluding tert-OH is 1. The van der Waals surface area contributed by atoms with E-state index in [-0.39, 0.29) is 6.61 Å². The minimum absolute atomic E-state index is 0.226. The summed E-state index contributed by atoms with van der Waals surface area (Å²) in [6.07, 6.45) is 4.54. The van der Waals surface area contributed by atoms with Crippen LogP contribution in [0.5, 0.6) is 0 Å². The maximum atomic E-state index is 8.82. The van der Waals surface area contributed by atoms with Gasteiger partial charge in [-0.1, -0.05) is 6.07 Å². The molecule has 1 atom stereocenters. The van der Waals surface area contributed by atoms with Gasteiger partial charge in [0.25, 0.3) is 0 Å². The third-order valence-electron chi connectivity index (χ3n) is 2.71. The molecule has 2 N–H and O–H groups in total. The zero-order valence-electron chi connectivity index (χ0n) is 9.43. The Hall–Kier alpha value is -1.39. The predicted octanol–water partition coefficient (Wildman–Crippen LogP) is 1.19. The third kappa shape index (κ3) is 2.40. The molecule has 0 amide bonds. The van der Waals surface area contributed by atoms with E-state index in [2.05, 4.69) is 27.7 Å². The van der Waals surface area contributed by atoms with Crippen molar-refractivity contribution in [1.29, 1.82) is 0 Å². The number of imidazole rings is 1. The molecule has 0 unspecified atom stereocenters. The summed E-state index contributed by atoms with van der Waals surface area (Å²) < 4.78 is 2.07. The highest BCUT2D eigenvalue weighted by molar-refractivity contribution is 5.39. The summed E-state index contributed by atoms with van der Waals surface area (Å²) in [5, 5.41) is 12.2. The summed E-state index contributed by atoms with van der Waals surface area (Å²) in [6, 6.07) is 6.40. The highest BCUT2D eigenvalue weighted by Gasteiger charge is 2.03. The van der Waals surface area contributed by atoms with Gasteiger partial charge in [-0.15, -0.1) is 0 Å². The van der Waals surface area contributed by atoms with E-state index in [1.165, 1.54) is 5.69 Å². The van der Waals surface area contributed by atoms with Gasteiger partial charge in [0.1, 0.15) is 5.65 Å². The first-order valence-electron chi connectivity index (χ1n) is 5.56. The molecule has 0 fully saturated rings. The van der Waals surface area contributed by atoms with Crippen LogP contribution in [0, 0.1) is 0 Å². The van der Waals surface area contributed by atoms with Gasteiger partial charge in [0.05, 0.1) is 0 Å². The van der Waals surface area contributed by atoms with Crippen molar-refractivity contribution in [2.75, 3.05) is 6.61 Å². The van der Waals surface area contributed by atoms with E-state index >= 15 is 0 Å². The number of aromatic nitrogens is 2. The fourth-order valence-electron chi connectivity index (χ4n) is 1.73. The summed E-state index contributed by atoms with van der Waals surface area (Å²) in [5.74, 6) is 0. The van der Waals surface area contributed by atoms with Crippen LogP contribution < -0.4 is 5.32 Å². The summed E-state index contributed by atoms with van der Waals surface area (Å²) in [4.78, 5) is 4.24. The highest BCUT2D eigenvalue weighted by atomic mass is 16.3. The molecule has 4 heteroatoms. The predicted molar refractivity (Wildman–Crippen MR) is 63.2 cm³/mol. The first-order chi connectivity index (χ1) is 7.81. The molecule has 2 aromatic rings. The Kier molecular flexibility index (Phi) is 3.54. The summed E-state index contributed by atoms with van der Waals surface area (Å²) >= 11 is 0. The summed E-state index contributed by atoms with van der Waals surface area (Å²) in [6.45, 7) is 3.09. The van der Waals surface area contributed by atoms with Crippen LogP contribution in [0.4, 0.5) is 0 Å². The van der Waals surface area contributed by atoms with Crippen molar-refractivity contribution >= 4 is 5.65 Å². The molecule has 2 aromatic heterocycles. The van der Waals surface area contributed by atoms with E-state index in [1.54, 1.807) is 6.20 Å². The van der Waals surface area contributed by atoms with Gasteiger partial charge < -0.3 is 14.8 Å². The van der Waals surface area contributed by atoms with Crippen LogP contribution in [-0.2, 0) is 6.54 Å². The van der Waals surface area contributed by atoms with Gasteiger partial charge in [0.2, 0.25) is 0 Å². The average Bonchev–Trinajstić information content (AvgIpc) is 2.75. The second-order valence-electron chi connectivity index (χ2n) is 3.97. The van der Waals surface area contributed by atoms with Crippen LogP contribution in [0.25, 0.3) is 5.65 Å². The Bertz CT molecular complexity index is 452. The van der Waals surface area contributed by atoms with E-state index in [9.17, 15) is 0 Å². The smallest absolute Gasteiger partial charge is 0.136 e. The molecule has 86 valence electrons. The van der Waals surface area contributed by atoms with Crippen molar-refractivity contribution in [3.8, 4) is 0 Å². The average molecular weight is 219 g/mol. The molecule has 0 bridgehead atoms. The maximum absolute atomic E-state index is 8.82. The van der Waals surface area contributed by atoms with Gasteiger partial charge >= 0.3 is 0 Å². The number of hydrogen-bond acceptors (Lipinski definition) is 3. The van der Waals surface area contributed by atoms with Crippen molar-refractivity contribution in [1.82, 2.24) is 14.7 Å². The Morgan fingerprint density at radius 3 is 3.19 bits per heavy atom. The van der Waals surface area contributed by atoms with Crippen molar-refractivity contribution < 1.29 is 5.11 Å². The number of pyridine rings is 1. The third-order valence-corrected chi connectivity index (χ3v) is 2.71. The van der Waals surface area contributed by atoms with Gasteiger partial charge in [-0.05, 0) is 25.5 Å². The highest BCUT2D eigenvalue weighted by Crippen LogP contribution is 2.06. The normalized spacial score (nSPS) is 13.1. The second kappa shape index (κ2) is 5.09. The quantitative estimate of drug-likeness (QED) is 0.794. The van der Waals surface area contributed by atoms with Gasteiger partial charge in [-0.2, -0.15) is 0 Å². The van der Waals surface area contributed by atoms with Crippen molar-refractivity contribution in [2.24, 2.45) is 0 Å². The van der Waals surface area contributed by atoms with Crippen molar-refractivity contribution in [3.63, 3.8) is 0 Å². The Morgan fingerprint density at radius 2 is 2.38 bits per heavy atom. The molecule has 16 heavy (non-hydrogen) atoms. The summed E-state index contributed by atoms with van der Waals surface area (Å²) in [5.41, 5.74) is 2.15. The maximum Gasteiger partial charge on any atom is 0.136 e. The fraction of sp³-hybridized carbons (Fsp3) is 0.417. The van der Waals surface area contributed by atoms with E-state index in [0.29, 0.717) is 6.04 Å². The van der Waals surface area contributed by atoms with E-state index in [1.807, 2.05) is 18.3 Å². The zero-order chi connectivity index (χ0) is 11.4. The molecule has 0 aromatic carbocycles. The monoisotopic (exact) mass is 219 g/mol. The number of hydrogen-bond donors (Lipinski definition) is 2. The van der Waals surface area contributed by atoms with Crippen LogP contribution in [0.2, 0.25) is 0 Å². The lowest BCUT2D eigenvalue weighted by molar-refractivity contribution is 0.268. The van der Waals surface area contributed by atoms with Gasteiger partial charge in [-0.25, -0.2) is 4.98 Å². The molecule has 2 rings (SSSR count). The van der Waals surface area contributed by atoms with Gasteiger partial charge in [0, 0.05) is 37.3 Å². The number of aliphatic hydroxyl groups is 1. The Labute approximate surface area is 94.9 Å². The van der Waals surface area contributed by atoms with Crippen LogP contribution >= 0.6 is 0 Å². The molecule has 0 aliphatic carbocycles. The Morgan fingerprint density at radius 1 is 1.50 bits per heavy atom. The molecule has 0 saturated carbocycles. The lowest BCUT2D eigenvalue weighted by Crippen LogP contribution is -2.27. The second-order valence-corrected chi connectivity index (χ2v) is 3.97. The van der Waals surface area contributed by atoms with Crippen molar-refractivity contribution in [3.05, 3.63) is 36.3 Å². The lowest BCUT2D eigenvalue weighted by Gasteiger charge is -2.13. The fourth-order valence-corrected chi connectivity index (χ4v) is 1.73. The number of rotatable bonds is 5. The molecule has 0 spiro atoms. The minimum atomic E-state index is 0.226. The van der Waals surface area contributed by atoms with Crippen LogP contribution in [0.3, 0.4) is 0 Å². The first-order valence-corrected chi connectivity index (χ1v) is 5.56. The SMILES string of the molecule is C[C@H](CCO)NCc1cccc2nccn12. The van der Waals surface area contributed by atoms with Crippen LogP contribution in [0.15, 0.2) is 30.6 Å². The molecule has 0 radical (unpaired) electrons. The Balaban J connectivity index is 2.06. The molecule has 0 aliphatic rings. The van der Waals surface area contributed by atoms with Gasteiger partial charge in [0.15, 0.2) is 0 Å². The van der Waals surface area contributed by atoms with E-state index in [4.69, 9.17) is 5.11 Å².